The molecule has 0 spiro atoms. The number of carbonyl (C=O) groups is 1. The average molecular weight is 326 g/mol. The first-order valence-electron chi connectivity index (χ1n) is 6.96. The summed E-state index contributed by atoms with van der Waals surface area (Å²) < 4.78 is 15.7. The van der Waals surface area contributed by atoms with Crippen molar-refractivity contribution in [3.8, 4) is 0 Å². The number of fused-ring (bicyclic) bond motifs is 2. The molecule has 0 atom stereocenters. The molecule has 3 aromatic heterocycles. The van der Waals surface area contributed by atoms with Gasteiger partial charge in [-0.05, 0) is 30.3 Å². The van der Waals surface area contributed by atoms with Crippen LogP contribution in [0.25, 0.3) is 15.9 Å². The van der Waals surface area contributed by atoms with Crippen LogP contribution in [0.3, 0.4) is 0 Å². The maximum absolute atomic E-state index is 13.2. The lowest BCUT2D eigenvalue weighted by atomic mass is 10.3. The first-order valence-corrected chi connectivity index (χ1v) is 7.77. The number of pyridine rings is 1. The van der Waals surface area contributed by atoms with E-state index in [-0.39, 0.29) is 18.1 Å². The maximum atomic E-state index is 13.2. The highest BCUT2D eigenvalue weighted by atomic mass is 32.1. The number of hydrogen-bond acceptors (Lipinski definition) is 4. The van der Waals surface area contributed by atoms with Gasteiger partial charge in [-0.3, -0.25) is 4.79 Å². The normalized spacial score (nSPS) is 11.2. The molecule has 0 aliphatic carbocycles. The predicted molar refractivity (Wildman–Crippen MR) is 87.1 cm³/mol. The molecule has 1 aromatic carbocycles. The summed E-state index contributed by atoms with van der Waals surface area (Å²) in [5.74, 6) is -0.517. The van der Waals surface area contributed by atoms with Crippen LogP contribution in [-0.4, -0.2) is 20.3 Å². The largest absolute Gasteiger partial charge is 0.307 e. The molecular formula is C16H11FN4OS. The highest BCUT2D eigenvalue weighted by Crippen LogP contribution is 2.26. The van der Waals surface area contributed by atoms with Crippen LogP contribution in [0.4, 0.5) is 9.52 Å². The fraction of sp³-hybridized carbons (Fsp3) is 0.0625. The minimum Gasteiger partial charge on any atom is -0.307 e. The van der Waals surface area contributed by atoms with Gasteiger partial charge in [-0.1, -0.05) is 17.4 Å². The van der Waals surface area contributed by atoms with Crippen molar-refractivity contribution in [3.05, 3.63) is 60.3 Å². The summed E-state index contributed by atoms with van der Waals surface area (Å²) in [5.41, 5.74) is 2.14. The van der Waals surface area contributed by atoms with Gasteiger partial charge in [0, 0.05) is 12.4 Å². The molecule has 0 bridgehead atoms. The van der Waals surface area contributed by atoms with E-state index < -0.39 is 0 Å². The Bertz CT molecular complexity index is 990. The summed E-state index contributed by atoms with van der Waals surface area (Å²) in [7, 11) is 0. The molecule has 0 aliphatic rings. The molecular weight excluding hydrogens is 315 g/mol. The Morgan fingerprint density at radius 3 is 3.04 bits per heavy atom. The monoisotopic (exact) mass is 326 g/mol. The predicted octanol–water partition coefficient (Wildman–Crippen LogP) is 3.26. The second-order valence-electron chi connectivity index (χ2n) is 5.05. The van der Waals surface area contributed by atoms with Gasteiger partial charge in [-0.2, -0.15) is 0 Å². The molecule has 3 heterocycles. The van der Waals surface area contributed by atoms with E-state index in [1.807, 2.05) is 35.0 Å². The number of benzene rings is 1. The van der Waals surface area contributed by atoms with E-state index in [0.717, 1.165) is 5.65 Å². The summed E-state index contributed by atoms with van der Waals surface area (Å²) in [6.07, 6.45) is 3.86. The highest BCUT2D eigenvalue weighted by molar-refractivity contribution is 7.22. The summed E-state index contributed by atoms with van der Waals surface area (Å²) in [5, 5.41) is 3.20. The zero-order valence-electron chi connectivity index (χ0n) is 11.9. The summed E-state index contributed by atoms with van der Waals surface area (Å²) in [4.78, 5) is 20.8. The molecule has 0 saturated carbocycles. The highest BCUT2D eigenvalue weighted by Gasteiger charge is 2.11. The number of carbonyl (C=O) groups excluding carboxylic acids is 1. The SMILES string of the molecule is O=C(Cc1cn2ccccc2n1)Nc1nc2ccc(F)cc2s1. The second kappa shape index (κ2) is 5.44. The summed E-state index contributed by atoms with van der Waals surface area (Å²) in [6, 6.07) is 10.0. The second-order valence-corrected chi connectivity index (χ2v) is 6.09. The Labute approximate surface area is 134 Å². The minimum atomic E-state index is -0.316. The van der Waals surface area contributed by atoms with Crippen LogP contribution in [0.5, 0.6) is 0 Å². The van der Waals surface area contributed by atoms with Gasteiger partial charge in [-0.25, -0.2) is 14.4 Å². The Morgan fingerprint density at radius 2 is 2.17 bits per heavy atom. The van der Waals surface area contributed by atoms with Crippen molar-refractivity contribution in [2.45, 2.75) is 6.42 Å². The number of halogens is 1. The fourth-order valence-electron chi connectivity index (χ4n) is 2.35. The number of nitrogens with zero attached hydrogens (tertiary/aromatic N) is 3. The Morgan fingerprint density at radius 1 is 1.26 bits per heavy atom. The van der Waals surface area contributed by atoms with Crippen LogP contribution < -0.4 is 5.32 Å². The van der Waals surface area contributed by atoms with Crippen molar-refractivity contribution < 1.29 is 9.18 Å². The average Bonchev–Trinajstić information content (AvgIpc) is 3.08. The minimum absolute atomic E-state index is 0.159. The Balaban J connectivity index is 1.52. The number of thiazole rings is 1. The van der Waals surface area contributed by atoms with Crippen molar-refractivity contribution in [3.63, 3.8) is 0 Å². The molecule has 4 rings (SSSR count). The summed E-state index contributed by atoms with van der Waals surface area (Å²) in [6.45, 7) is 0. The molecule has 1 amide bonds. The smallest absolute Gasteiger partial charge is 0.232 e. The zero-order chi connectivity index (χ0) is 15.8. The third kappa shape index (κ3) is 2.78. The number of anilines is 1. The molecule has 4 aromatic rings. The van der Waals surface area contributed by atoms with Gasteiger partial charge in [0.05, 0.1) is 22.3 Å². The molecule has 0 aliphatic heterocycles. The van der Waals surface area contributed by atoms with Crippen LogP contribution in [0, 0.1) is 5.82 Å². The van der Waals surface area contributed by atoms with E-state index in [1.54, 1.807) is 6.07 Å². The van der Waals surface area contributed by atoms with Crippen molar-refractivity contribution in [2.75, 3.05) is 5.32 Å². The lowest BCUT2D eigenvalue weighted by Gasteiger charge is -1.98. The number of imidazole rings is 1. The van der Waals surface area contributed by atoms with Crippen molar-refractivity contribution in [1.29, 1.82) is 0 Å². The number of rotatable bonds is 3. The van der Waals surface area contributed by atoms with Gasteiger partial charge in [0.2, 0.25) is 5.91 Å². The van der Waals surface area contributed by atoms with Crippen molar-refractivity contribution in [1.82, 2.24) is 14.4 Å². The van der Waals surface area contributed by atoms with Crippen LogP contribution >= 0.6 is 11.3 Å². The van der Waals surface area contributed by atoms with Crippen molar-refractivity contribution >= 4 is 38.2 Å². The molecule has 0 unspecified atom stereocenters. The van der Waals surface area contributed by atoms with Gasteiger partial charge in [0.15, 0.2) is 5.13 Å². The van der Waals surface area contributed by atoms with E-state index in [1.165, 1.54) is 23.5 Å². The molecule has 0 saturated heterocycles. The number of aromatic nitrogens is 3. The lowest BCUT2D eigenvalue weighted by molar-refractivity contribution is -0.115. The van der Waals surface area contributed by atoms with Crippen LogP contribution in [0.2, 0.25) is 0 Å². The van der Waals surface area contributed by atoms with Gasteiger partial charge >= 0.3 is 0 Å². The number of nitrogens with one attached hydrogen (secondary N) is 1. The molecule has 1 N–H and O–H groups in total. The first kappa shape index (κ1) is 13.8. The van der Waals surface area contributed by atoms with E-state index in [9.17, 15) is 9.18 Å². The standard InChI is InChI=1S/C16H11FN4OS/c17-10-4-5-12-13(7-10)23-16(19-12)20-15(22)8-11-9-21-6-2-1-3-14(21)18-11/h1-7,9H,8H2,(H,19,20,22). The van der Waals surface area contributed by atoms with E-state index in [2.05, 4.69) is 15.3 Å². The van der Waals surface area contributed by atoms with Crippen LogP contribution in [0.15, 0.2) is 48.8 Å². The zero-order valence-corrected chi connectivity index (χ0v) is 12.7. The number of amides is 1. The topological polar surface area (TPSA) is 59.3 Å². The first-order chi connectivity index (χ1) is 11.2. The van der Waals surface area contributed by atoms with Crippen molar-refractivity contribution in [2.24, 2.45) is 0 Å². The lowest BCUT2D eigenvalue weighted by Crippen LogP contribution is -2.14. The van der Waals surface area contributed by atoms with E-state index in [0.29, 0.717) is 21.0 Å². The molecule has 23 heavy (non-hydrogen) atoms. The third-order valence-electron chi connectivity index (χ3n) is 3.35. The summed E-state index contributed by atoms with van der Waals surface area (Å²) >= 11 is 1.25. The molecule has 0 radical (unpaired) electrons. The van der Waals surface area contributed by atoms with Gasteiger partial charge in [0.1, 0.15) is 11.5 Å². The molecule has 0 fully saturated rings. The van der Waals surface area contributed by atoms with Gasteiger partial charge < -0.3 is 9.72 Å². The number of hydrogen-bond donors (Lipinski definition) is 1. The quantitative estimate of drug-likeness (QED) is 0.628. The Kier molecular flexibility index (Phi) is 3.27. The molecule has 5 nitrogen and oxygen atoms in total. The molecule has 114 valence electrons. The maximum Gasteiger partial charge on any atom is 0.232 e. The Hall–Kier alpha value is -2.80. The van der Waals surface area contributed by atoms with Gasteiger partial charge in [-0.15, -0.1) is 0 Å². The van der Waals surface area contributed by atoms with E-state index >= 15 is 0 Å². The third-order valence-corrected chi connectivity index (χ3v) is 4.29. The van der Waals surface area contributed by atoms with Crippen LogP contribution in [-0.2, 0) is 11.2 Å². The van der Waals surface area contributed by atoms with E-state index in [4.69, 9.17) is 0 Å². The molecule has 7 heteroatoms. The fourth-order valence-corrected chi connectivity index (χ4v) is 3.26. The van der Waals surface area contributed by atoms with Crippen LogP contribution in [0.1, 0.15) is 5.69 Å². The van der Waals surface area contributed by atoms with Gasteiger partial charge in [0.25, 0.3) is 0 Å².